The van der Waals surface area contributed by atoms with E-state index in [1.54, 1.807) is 48.2 Å². The fourth-order valence-corrected chi connectivity index (χ4v) is 5.89. The van der Waals surface area contributed by atoms with E-state index in [9.17, 15) is 18.0 Å². The molecule has 1 aliphatic heterocycles. The second kappa shape index (κ2) is 12.5. The topological polar surface area (TPSA) is 111 Å². The molecule has 0 unspecified atom stereocenters. The Labute approximate surface area is 251 Å². The third-order valence-corrected chi connectivity index (χ3v) is 8.36. The maximum absolute atomic E-state index is 13.4. The van der Waals surface area contributed by atoms with Crippen molar-refractivity contribution in [3.8, 4) is 0 Å². The van der Waals surface area contributed by atoms with Gasteiger partial charge in [-0.1, -0.05) is 48.5 Å². The van der Waals surface area contributed by atoms with E-state index in [4.69, 9.17) is 0 Å². The van der Waals surface area contributed by atoms with E-state index in [1.165, 1.54) is 12.1 Å². The number of amides is 2. The molecule has 0 saturated heterocycles. The summed E-state index contributed by atoms with van der Waals surface area (Å²) in [5, 5.41) is 6.27. The number of nitrogens with one attached hydrogen (secondary N) is 3. The fourth-order valence-electron chi connectivity index (χ4n) is 4.80. The summed E-state index contributed by atoms with van der Waals surface area (Å²) < 4.78 is 29.1. The smallest absolute Gasteiger partial charge is 0.261 e. The Bertz CT molecular complexity index is 1770. The maximum Gasteiger partial charge on any atom is 0.261 e. The first-order chi connectivity index (χ1) is 20.6. The van der Waals surface area contributed by atoms with Gasteiger partial charge >= 0.3 is 0 Å². The van der Waals surface area contributed by atoms with Crippen LogP contribution in [0.15, 0.2) is 108 Å². The van der Waals surface area contributed by atoms with Crippen molar-refractivity contribution in [2.75, 3.05) is 47.4 Å². The summed E-state index contributed by atoms with van der Waals surface area (Å²) in [5.41, 5.74) is 4.47. The largest absolute Gasteiger partial charge is 0.354 e. The number of benzene rings is 4. The van der Waals surface area contributed by atoms with Crippen LogP contribution in [-0.4, -0.2) is 52.3 Å². The standard InChI is InChI=1S/C33H33N5O4S/c1-23(39)38(21-20-37(2)3)27-16-14-25(15-17-27)34-32(24-10-6-4-7-11-24)31-29-22-28(18-19-30(29)35-33(31)40)43(41,42)36-26-12-8-5-9-13-26/h4-19,22,34,36H,20-21H2,1-3H3,(H,35,40)/b32-31-. The lowest BCUT2D eigenvalue weighted by atomic mass is 10.00. The molecule has 0 bridgehead atoms. The van der Waals surface area contributed by atoms with E-state index in [1.807, 2.05) is 73.6 Å². The van der Waals surface area contributed by atoms with Crippen molar-refractivity contribution >= 4 is 55.9 Å². The highest BCUT2D eigenvalue weighted by Crippen LogP contribution is 2.39. The van der Waals surface area contributed by atoms with Gasteiger partial charge in [0.2, 0.25) is 5.91 Å². The van der Waals surface area contributed by atoms with Crippen molar-refractivity contribution < 1.29 is 18.0 Å². The molecule has 220 valence electrons. The Balaban J connectivity index is 1.53. The molecule has 4 aromatic rings. The molecular weight excluding hydrogens is 562 g/mol. The van der Waals surface area contributed by atoms with E-state index >= 15 is 0 Å². The molecule has 0 spiro atoms. The molecule has 0 atom stereocenters. The van der Waals surface area contributed by atoms with Crippen LogP contribution >= 0.6 is 0 Å². The van der Waals surface area contributed by atoms with Crippen molar-refractivity contribution in [3.05, 3.63) is 114 Å². The molecule has 0 fully saturated rings. The predicted octanol–water partition coefficient (Wildman–Crippen LogP) is 5.33. The fraction of sp³-hybridized carbons (Fsp3) is 0.152. The number of sulfonamides is 1. The second-order valence-electron chi connectivity index (χ2n) is 10.4. The highest BCUT2D eigenvalue weighted by atomic mass is 32.2. The van der Waals surface area contributed by atoms with Crippen molar-refractivity contribution in [1.29, 1.82) is 0 Å². The predicted molar refractivity (Wildman–Crippen MR) is 172 cm³/mol. The summed E-state index contributed by atoms with van der Waals surface area (Å²) in [4.78, 5) is 29.5. The van der Waals surface area contributed by atoms with Crippen molar-refractivity contribution in [2.24, 2.45) is 0 Å². The number of nitrogens with zero attached hydrogens (tertiary/aromatic N) is 2. The lowest BCUT2D eigenvalue weighted by Crippen LogP contribution is -2.35. The third kappa shape index (κ3) is 6.77. The van der Waals surface area contributed by atoms with E-state index in [-0.39, 0.29) is 16.7 Å². The summed E-state index contributed by atoms with van der Waals surface area (Å²) in [6, 6.07) is 30.0. The van der Waals surface area contributed by atoms with Crippen LogP contribution in [0.3, 0.4) is 0 Å². The van der Waals surface area contributed by atoms with Gasteiger partial charge in [0.05, 0.1) is 16.2 Å². The number of hydrogen-bond donors (Lipinski definition) is 3. The number of fused-ring (bicyclic) bond motifs is 1. The second-order valence-corrected chi connectivity index (χ2v) is 12.1. The average molecular weight is 596 g/mol. The van der Waals surface area contributed by atoms with Gasteiger partial charge in [0.25, 0.3) is 15.9 Å². The number of carbonyl (C=O) groups excluding carboxylic acids is 2. The Kier molecular flexibility index (Phi) is 8.61. The molecule has 10 heteroatoms. The van der Waals surface area contributed by atoms with E-state index in [0.29, 0.717) is 40.4 Å². The number of hydrogen-bond acceptors (Lipinski definition) is 6. The van der Waals surface area contributed by atoms with Crippen LogP contribution in [0.4, 0.5) is 22.7 Å². The van der Waals surface area contributed by atoms with Crippen molar-refractivity contribution in [2.45, 2.75) is 11.8 Å². The highest BCUT2D eigenvalue weighted by molar-refractivity contribution is 7.92. The maximum atomic E-state index is 13.4. The number of likely N-dealkylation sites (N-methyl/N-ethyl adjacent to an activating group) is 1. The Morgan fingerprint density at radius 3 is 2.09 bits per heavy atom. The summed E-state index contributed by atoms with van der Waals surface area (Å²) in [7, 11) is -0.00703. The van der Waals surface area contributed by atoms with Gasteiger partial charge in [-0.15, -0.1) is 0 Å². The Morgan fingerprint density at radius 2 is 1.47 bits per heavy atom. The molecule has 0 radical (unpaired) electrons. The van der Waals surface area contributed by atoms with Crippen LogP contribution in [-0.2, 0) is 19.6 Å². The Hall–Kier alpha value is -4.93. The van der Waals surface area contributed by atoms with Crippen molar-refractivity contribution in [3.63, 3.8) is 0 Å². The molecular formula is C33H33N5O4S. The zero-order chi connectivity index (χ0) is 30.6. The zero-order valence-electron chi connectivity index (χ0n) is 24.2. The van der Waals surface area contributed by atoms with Crippen LogP contribution in [0.2, 0.25) is 0 Å². The van der Waals surface area contributed by atoms with Crippen molar-refractivity contribution in [1.82, 2.24) is 4.90 Å². The molecule has 1 aliphatic rings. The van der Waals surface area contributed by atoms with Gasteiger partial charge in [-0.3, -0.25) is 14.3 Å². The first-order valence-corrected chi connectivity index (χ1v) is 15.2. The summed E-state index contributed by atoms with van der Waals surface area (Å²) in [6.07, 6.45) is 0. The number of para-hydroxylation sites is 1. The molecule has 0 aliphatic carbocycles. The van der Waals surface area contributed by atoms with Gasteiger partial charge in [-0.25, -0.2) is 8.42 Å². The minimum absolute atomic E-state index is 0.0305. The highest BCUT2D eigenvalue weighted by Gasteiger charge is 2.30. The molecule has 2 amide bonds. The van der Waals surface area contributed by atoms with Crippen LogP contribution in [0.5, 0.6) is 0 Å². The molecule has 9 nitrogen and oxygen atoms in total. The van der Waals surface area contributed by atoms with E-state index in [2.05, 4.69) is 15.4 Å². The number of carbonyl (C=O) groups is 2. The lowest BCUT2D eigenvalue weighted by Gasteiger charge is -2.23. The first-order valence-electron chi connectivity index (χ1n) is 13.8. The van der Waals surface area contributed by atoms with Crippen LogP contribution in [0.25, 0.3) is 11.3 Å². The van der Waals surface area contributed by atoms with Gasteiger partial charge in [-0.2, -0.15) is 0 Å². The molecule has 1 heterocycles. The number of rotatable bonds is 10. The first kappa shape index (κ1) is 29.6. The monoisotopic (exact) mass is 595 g/mol. The molecule has 5 rings (SSSR count). The summed E-state index contributed by atoms with van der Waals surface area (Å²) in [6.45, 7) is 2.81. The normalized spacial score (nSPS) is 13.7. The van der Waals surface area contributed by atoms with Crippen LogP contribution in [0, 0.1) is 0 Å². The molecule has 43 heavy (non-hydrogen) atoms. The molecule has 0 saturated carbocycles. The van der Waals surface area contributed by atoms with Gasteiger partial charge in [0.1, 0.15) is 0 Å². The molecule has 3 N–H and O–H groups in total. The summed E-state index contributed by atoms with van der Waals surface area (Å²) in [5.74, 6) is -0.406. The summed E-state index contributed by atoms with van der Waals surface area (Å²) >= 11 is 0. The van der Waals surface area contributed by atoms with Gasteiger partial charge in [-0.05, 0) is 74.3 Å². The van der Waals surface area contributed by atoms with Gasteiger partial charge < -0.3 is 20.4 Å². The van der Waals surface area contributed by atoms with E-state index < -0.39 is 10.0 Å². The average Bonchev–Trinajstić information content (AvgIpc) is 3.32. The molecule has 4 aromatic carbocycles. The SMILES string of the molecule is CC(=O)N(CCN(C)C)c1ccc(N/C(=C2\C(=O)Nc3ccc(S(=O)(=O)Nc4ccccc4)cc32)c2ccccc2)cc1. The lowest BCUT2D eigenvalue weighted by molar-refractivity contribution is -0.116. The van der Waals surface area contributed by atoms with Gasteiger partial charge in [0.15, 0.2) is 0 Å². The van der Waals surface area contributed by atoms with Crippen LogP contribution < -0.4 is 20.3 Å². The minimum atomic E-state index is -3.92. The third-order valence-electron chi connectivity index (χ3n) is 6.98. The minimum Gasteiger partial charge on any atom is -0.354 e. The Morgan fingerprint density at radius 1 is 0.814 bits per heavy atom. The van der Waals surface area contributed by atoms with E-state index in [0.717, 1.165) is 17.8 Å². The van der Waals surface area contributed by atoms with Gasteiger partial charge in [0, 0.05) is 48.3 Å². The zero-order valence-corrected chi connectivity index (χ0v) is 25.0. The van der Waals surface area contributed by atoms with Crippen LogP contribution in [0.1, 0.15) is 18.1 Å². The number of anilines is 4. The quantitative estimate of drug-likeness (QED) is 0.214. The molecule has 0 aromatic heterocycles.